The topological polar surface area (TPSA) is 46.2 Å². The van der Waals surface area contributed by atoms with Gasteiger partial charge in [0.1, 0.15) is 0 Å². The lowest BCUT2D eigenvalue weighted by atomic mass is 10.0. The predicted octanol–water partition coefficient (Wildman–Crippen LogP) is 2.23. The van der Waals surface area contributed by atoms with Crippen LogP contribution in [0.2, 0.25) is 0 Å². The second-order valence-corrected chi connectivity index (χ2v) is 7.52. The van der Waals surface area contributed by atoms with Crippen LogP contribution in [0, 0.1) is 5.92 Å². The van der Waals surface area contributed by atoms with E-state index in [9.17, 15) is 8.42 Å². The summed E-state index contributed by atoms with van der Waals surface area (Å²) in [7, 11) is -2.89. The first kappa shape index (κ1) is 15.9. The van der Waals surface area contributed by atoms with E-state index in [2.05, 4.69) is 26.1 Å². The Hall–Kier alpha value is -0.0900. The maximum atomic E-state index is 11.7. The summed E-state index contributed by atoms with van der Waals surface area (Å²) < 4.78 is 23.5. The van der Waals surface area contributed by atoms with Gasteiger partial charge in [0.25, 0.3) is 0 Å². The smallest absolute Gasteiger partial charge is 0.151 e. The zero-order valence-corrected chi connectivity index (χ0v) is 12.2. The van der Waals surface area contributed by atoms with E-state index in [1.54, 1.807) is 0 Å². The van der Waals surface area contributed by atoms with Gasteiger partial charge in [-0.1, -0.05) is 27.2 Å². The minimum absolute atomic E-state index is 0.0336. The minimum Gasteiger partial charge on any atom is -0.311 e. The van der Waals surface area contributed by atoms with E-state index in [0.717, 1.165) is 12.8 Å². The fourth-order valence-corrected chi connectivity index (χ4v) is 2.99. The molecule has 0 radical (unpaired) electrons. The Labute approximate surface area is 101 Å². The fourth-order valence-electron chi connectivity index (χ4n) is 1.30. The molecule has 0 amide bonds. The molecule has 0 saturated heterocycles. The maximum Gasteiger partial charge on any atom is 0.151 e. The fraction of sp³-hybridized carbons (Fsp3) is 1.00. The standard InChI is InChI=1S/C12H27NO2S/c1-6-11(3)10-16(14,15)9-8-13-12(4,5)7-2/h11,13H,6-10H2,1-5H3. The Kier molecular flexibility index (Phi) is 6.56. The molecule has 0 aliphatic heterocycles. The largest absolute Gasteiger partial charge is 0.311 e. The second kappa shape index (κ2) is 6.60. The van der Waals surface area contributed by atoms with Gasteiger partial charge in [0.05, 0.1) is 11.5 Å². The second-order valence-electron chi connectivity index (χ2n) is 5.29. The van der Waals surface area contributed by atoms with Gasteiger partial charge in [-0.05, 0) is 26.2 Å². The van der Waals surface area contributed by atoms with Crippen molar-refractivity contribution in [2.75, 3.05) is 18.1 Å². The van der Waals surface area contributed by atoms with Crippen molar-refractivity contribution in [1.82, 2.24) is 5.32 Å². The molecule has 1 unspecified atom stereocenters. The average molecular weight is 249 g/mol. The Balaban J connectivity index is 4.01. The third-order valence-corrected chi connectivity index (χ3v) is 5.04. The molecule has 0 aliphatic rings. The van der Waals surface area contributed by atoms with E-state index < -0.39 is 9.84 Å². The molecular weight excluding hydrogens is 222 g/mol. The monoisotopic (exact) mass is 249 g/mol. The SMILES string of the molecule is CCC(C)CS(=O)(=O)CCNC(C)(C)CC. The van der Waals surface area contributed by atoms with Crippen molar-refractivity contribution in [3.8, 4) is 0 Å². The summed E-state index contributed by atoms with van der Waals surface area (Å²) in [5.74, 6) is 0.836. The molecule has 0 fully saturated rings. The van der Waals surface area contributed by atoms with Crippen LogP contribution in [0.15, 0.2) is 0 Å². The van der Waals surface area contributed by atoms with Crippen LogP contribution in [0.1, 0.15) is 47.5 Å². The van der Waals surface area contributed by atoms with Crippen LogP contribution in [0.3, 0.4) is 0 Å². The summed E-state index contributed by atoms with van der Waals surface area (Å²) in [4.78, 5) is 0. The van der Waals surface area contributed by atoms with Gasteiger partial charge in [0.15, 0.2) is 9.84 Å². The molecule has 0 aromatic carbocycles. The molecule has 3 nitrogen and oxygen atoms in total. The zero-order valence-electron chi connectivity index (χ0n) is 11.3. The quantitative estimate of drug-likeness (QED) is 0.717. The van der Waals surface area contributed by atoms with Crippen LogP contribution in [-0.4, -0.2) is 32.0 Å². The van der Waals surface area contributed by atoms with Crippen LogP contribution in [0.25, 0.3) is 0 Å². The molecule has 16 heavy (non-hydrogen) atoms. The molecule has 98 valence electrons. The summed E-state index contributed by atoms with van der Waals surface area (Å²) in [6.07, 6.45) is 1.92. The van der Waals surface area contributed by atoms with Crippen LogP contribution < -0.4 is 5.32 Å². The van der Waals surface area contributed by atoms with E-state index >= 15 is 0 Å². The molecule has 0 heterocycles. The highest BCUT2D eigenvalue weighted by Crippen LogP contribution is 2.08. The summed E-state index contributed by atoms with van der Waals surface area (Å²) in [6.45, 7) is 10.8. The first-order valence-electron chi connectivity index (χ1n) is 6.18. The number of hydrogen-bond donors (Lipinski definition) is 1. The van der Waals surface area contributed by atoms with Gasteiger partial charge in [-0.3, -0.25) is 0 Å². The highest BCUT2D eigenvalue weighted by atomic mass is 32.2. The zero-order chi connectivity index (χ0) is 12.8. The Bertz CT molecular complexity index is 283. The molecule has 0 aliphatic carbocycles. The van der Waals surface area contributed by atoms with Gasteiger partial charge < -0.3 is 5.32 Å². The number of sulfone groups is 1. The third-order valence-electron chi connectivity index (χ3n) is 3.14. The van der Waals surface area contributed by atoms with Crippen LogP contribution in [0.5, 0.6) is 0 Å². The van der Waals surface area contributed by atoms with Crippen molar-refractivity contribution >= 4 is 9.84 Å². The van der Waals surface area contributed by atoms with Crippen LogP contribution in [-0.2, 0) is 9.84 Å². The van der Waals surface area contributed by atoms with Gasteiger partial charge in [-0.2, -0.15) is 0 Å². The molecule has 0 saturated carbocycles. The molecular formula is C12H27NO2S. The Morgan fingerprint density at radius 2 is 1.81 bits per heavy atom. The van der Waals surface area contributed by atoms with E-state index in [4.69, 9.17) is 0 Å². The van der Waals surface area contributed by atoms with Crippen molar-refractivity contribution in [2.45, 2.75) is 53.0 Å². The molecule has 1 atom stereocenters. The third kappa shape index (κ3) is 7.23. The molecule has 0 spiro atoms. The van der Waals surface area contributed by atoms with Crippen molar-refractivity contribution in [2.24, 2.45) is 5.92 Å². The summed E-state index contributed by atoms with van der Waals surface area (Å²) in [5.41, 5.74) is 0.0336. The first-order valence-corrected chi connectivity index (χ1v) is 8.00. The maximum absolute atomic E-state index is 11.7. The van der Waals surface area contributed by atoms with Crippen molar-refractivity contribution in [1.29, 1.82) is 0 Å². The average Bonchev–Trinajstić information content (AvgIpc) is 2.16. The number of hydrogen-bond acceptors (Lipinski definition) is 3. The molecule has 0 rings (SSSR count). The summed E-state index contributed by atoms with van der Waals surface area (Å²) >= 11 is 0. The van der Waals surface area contributed by atoms with E-state index in [1.165, 1.54) is 0 Å². The lowest BCUT2D eigenvalue weighted by molar-refractivity contribution is 0.386. The molecule has 4 heteroatoms. The van der Waals surface area contributed by atoms with Crippen LogP contribution in [0.4, 0.5) is 0 Å². The van der Waals surface area contributed by atoms with E-state index in [0.29, 0.717) is 12.3 Å². The number of rotatable bonds is 8. The van der Waals surface area contributed by atoms with E-state index in [1.807, 2.05) is 13.8 Å². The van der Waals surface area contributed by atoms with Crippen LogP contribution >= 0.6 is 0 Å². The highest BCUT2D eigenvalue weighted by Gasteiger charge is 2.18. The van der Waals surface area contributed by atoms with Crippen molar-refractivity contribution < 1.29 is 8.42 Å². The van der Waals surface area contributed by atoms with E-state index in [-0.39, 0.29) is 17.2 Å². The van der Waals surface area contributed by atoms with Gasteiger partial charge in [0, 0.05) is 12.1 Å². The normalized spacial score (nSPS) is 15.1. The van der Waals surface area contributed by atoms with Crippen molar-refractivity contribution in [3.05, 3.63) is 0 Å². The van der Waals surface area contributed by atoms with Gasteiger partial charge >= 0.3 is 0 Å². The first-order chi connectivity index (χ1) is 7.22. The Morgan fingerprint density at radius 3 is 2.25 bits per heavy atom. The van der Waals surface area contributed by atoms with Gasteiger partial charge in [-0.25, -0.2) is 8.42 Å². The van der Waals surface area contributed by atoms with Gasteiger partial charge in [-0.15, -0.1) is 0 Å². The lowest BCUT2D eigenvalue weighted by Crippen LogP contribution is -2.41. The molecule has 1 N–H and O–H groups in total. The molecule has 0 aromatic heterocycles. The summed E-state index contributed by atoms with van der Waals surface area (Å²) in [5, 5.41) is 3.28. The number of nitrogens with one attached hydrogen (secondary N) is 1. The molecule has 0 bridgehead atoms. The molecule has 0 aromatic rings. The van der Waals surface area contributed by atoms with Crippen molar-refractivity contribution in [3.63, 3.8) is 0 Å². The summed E-state index contributed by atoms with van der Waals surface area (Å²) in [6, 6.07) is 0. The minimum atomic E-state index is -2.89. The highest BCUT2D eigenvalue weighted by molar-refractivity contribution is 7.91. The van der Waals surface area contributed by atoms with Gasteiger partial charge in [0.2, 0.25) is 0 Å². The Morgan fingerprint density at radius 1 is 1.25 bits per heavy atom. The lowest BCUT2D eigenvalue weighted by Gasteiger charge is -2.24. The predicted molar refractivity (Wildman–Crippen MR) is 70.5 cm³/mol.